The Morgan fingerprint density at radius 1 is 0.522 bits per heavy atom. The van der Waals surface area contributed by atoms with Gasteiger partial charge in [-0.2, -0.15) is 0 Å². The van der Waals surface area contributed by atoms with Crippen LogP contribution in [0.5, 0.6) is 0 Å². The summed E-state index contributed by atoms with van der Waals surface area (Å²) in [7, 11) is 36.3. The minimum Gasteiger partial charge on any atom is -0.109 e. The maximum absolute atomic E-state index is 3.20. The van der Waals surface area contributed by atoms with Crippen LogP contribution in [0.1, 0.15) is 0 Å². The van der Waals surface area contributed by atoms with Crippen LogP contribution in [-0.2, 0) is 0 Å². The lowest BCUT2D eigenvalue weighted by atomic mass is 12.0. The van der Waals surface area contributed by atoms with Crippen LogP contribution in [0.3, 0.4) is 0 Å². The maximum Gasteiger partial charge on any atom is -0.00538 e. The zero-order valence-electron chi connectivity index (χ0n) is 12.3. The maximum atomic E-state index is 3.20. The minimum atomic E-state index is 0.0297. The van der Waals surface area contributed by atoms with Gasteiger partial charge in [0.05, 0.1) is 0 Å². The molecule has 0 saturated carbocycles. The highest BCUT2D eigenvalue weighted by atomic mass is 33.4. The molecule has 0 heterocycles. The van der Waals surface area contributed by atoms with Crippen LogP contribution in [0.4, 0.5) is 0 Å². The second-order valence-electron chi connectivity index (χ2n) is 3.61. The monoisotopic (exact) mass is 720 g/mol. The predicted octanol–water partition coefficient (Wildman–Crippen LogP) is 13.0. The lowest BCUT2D eigenvalue weighted by molar-refractivity contribution is 2.50. The Labute approximate surface area is 181 Å². The molecule has 0 aliphatic carbocycles. The zero-order valence-corrected chi connectivity index (χ0v) is 35.0. The summed E-state index contributed by atoms with van der Waals surface area (Å²) >= 11 is 0. The van der Waals surface area contributed by atoms with Gasteiger partial charge in [-0.3, -0.25) is 0 Å². The van der Waals surface area contributed by atoms with Crippen molar-refractivity contribution in [2.45, 2.75) is 0 Å². The lowest BCUT2D eigenvalue weighted by Gasteiger charge is -2.46. The molecule has 0 aliphatic rings. The van der Waals surface area contributed by atoms with Crippen molar-refractivity contribution in [3.05, 3.63) is 0 Å². The largest absolute Gasteiger partial charge is 0.109 e. The summed E-state index contributed by atoms with van der Waals surface area (Å²) in [5.74, 6) is 0. The molecule has 0 aromatic rings. The average molecular weight is 720 g/mol. The summed E-state index contributed by atoms with van der Waals surface area (Å²) in [5, 5.41) is 0. The van der Waals surface area contributed by atoms with Crippen molar-refractivity contribution >= 4 is 176 Å². The SMILES string of the molecule is CP(P(P(P)P)P(P)P)P(P(PP)P(P)P)P(P(P)P)P(P)P. The number of hydrogen-bond acceptors (Lipinski definition) is 0. The standard InChI is InChI=1S/CH26P22/c1-14(21(16(5)6)17(7)8)22(20(13-2)15(3)4)23(18(9)10)19(11)12/h13H,2-12H2,1H3. The van der Waals surface area contributed by atoms with E-state index in [9.17, 15) is 0 Å². The van der Waals surface area contributed by atoms with Gasteiger partial charge in [0, 0.05) is 0 Å². The fourth-order valence-electron chi connectivity index (χ4n) is 1.32. The van der Waals surface area contributed by atoms with E-state index in [0.717, 1.165) is 7.96 Å². The minimum absolute atomic E-state index is 0.0297. The van der Waals surface area contributed by atoms with Gasteiger partial charge in [0.1, 0.15) is 0 Å². The molecule has 0 fully saturated rings. The second-order valence-corrected chi connectivity index (χ2v) is 90.4. The molecule has 0 radical (unpaired) electrons. The van der Waals surface area contributed by atoms with Crippen LogP contribution >= 0.6 is 176 Å². The molecule has 0 aromatic heterocycles. The molecule has 0 spiro atoms. The third-order valence-electron chi connectivity index (χ3n) is 2.01. The molecule has 140 valence electrons. The highest BCUT2D eigenvalue weighted by Gasteiger charge is 2.42. The molecule has 23 heavy (non-hydrogen) atoms. The van der Waals surface area contributed by atoms with E-state index in [1.165, 1.54) is 0 Å². The zero-order chi connectivity index (χ0) is 18.5. The van der Waals surface area contributed by atoms with Crippen molar-refractivity contribution in [2.75, 3.05) is 6.66 Å². The van der Waals surface area contributed by atoms with Gasteiger partial charge in [-0.25, -0.2) is 0 Å². The summed E-state index contributed by atoms with van der Waals surface area (Å²) in [4.78, 5) is 0. The third-order valence-corrected chi connectivity index (χ3v) is 143. The van der Waals surface area contributed by atoms with E-state index in [2.05, 4.69) is 105 Å². The molecule has 0 aliphatic heterocycles. The summed E-state index contributed by atoms with van der Waals surface area (Å²) in [6.07, 6.45) is 0. The first-order valence-corrected chi connectivity index (χ1v) is 45.4. The molecule has 15 atom stereocenters. The first kappa shape index (κ1) is 32.5. The normalized spacial score (nSPS) is 17.9. The van der Waals surface area contributed by atoms with Crippen LogP contribution in [-0.4, -0.2) is 6.66 Å². The first-order valence-electron chi connectivity index (χ1n) is 5.34. The molecule has 0 N–H and O–H groups in total. The average Bonchev–Trinajstić information content (AvgIpc) is 2.35. The summed E-state index contributed by atoms with van der Waals surface area (Å²) < 4.78 is 0. The van der Waals surface area contributed by atoms with Crippen LogP contribution in [0.15, 0.2) is 0 Å². The van der Waals surface area contributed by atoms with E-state index in [0.29, 0.717) is 0 Å². The van der Waals surface area contributed by atoms with E-state index in [1.54, 1.807) is 0 Å². The van der Waals surface area contributed by atoms with Crippen molar-refractivity contribution in [1.29, 1.82) is 0 Å². The fourth-order valence-corrected chi connectivity index (χ4v) is 260. The predicted molar refractivity (Wildman–Crippen MR) is 190 cm³/mol. The van der Waals surface area contributed by atoms with E-state index in [4.69, 9.17) is 0 Å². The van der Waals surface area contributed by atoms with Crippen molar-refractivity contribution in [3.8, 4) is 0 Å². The van der Waals surface area contributed by atoms with Crippen LogP contribution in [0.25, 0.3) is 0 Å². The van der Waals surface area contributed by atoms with Crippen LogP contribution in [0, 0.1) is 0 Å². The van der Waals surface area contributed by atoms with Gasteiger partial charge in [0.15, 0.2) is 0 Å². The lowest BCUT2D eigenvalue weighted by Crippen LogP contribution is -1.62. The van der Waals surface area contributed by atoms with E-state index in [-0.39, 0.29) is 70.2 Å². The van der Waals surface area contributed by atoms with Crippen LogP contribution < -0.4 is 0 Å². The third kappa shape index (κ3) is 12.1. The Kier molecular flexibility index (Phi) is 25.2. The second kappa shape index (κ2) is 17.8. The molecule has 22 heteroatoms. The molecule has 0 saturated heterocycles. The van der Waals surface area contributed by atoms with Gasteiger partial charge in [-0.1, -0.05) is 7.96 Å². The molecule has 0 bridgehead atoms. The molecule has 0 nitrogen and oxygen atoms in total. The van der Waals surface area contributed by atoms with Gasteiger partial charge in [0.25, 0.3) is 0 Å². The highest BCUT2D eigenvalue weighted by molar-refractivity contribution is 9.34. The summed E-state index contributed by atoms with van der Waals surface area (Å²) in [6, 6.07) is 0. The van der Waals surface area contributed by atoms with Gasteiger partial charge < -0.3 is 0 Å². The Hall–Kier alpha value is 9.46. The molecule has 0 aromatic carbocycles. The molecular formula is CH26P22. The van der Waals surface area contributed by atoms with Crippen LogP contribution in [0.2, 0.25) is 0 Å². The Morgan fingerprint density at radius 2 is 0.870 bits per heavy atom. The number of rotatable bonds is 10. The van der Waals surface area contributed by atoms with E-state index < -0.39 is 0 Å². The Balaban J connectivity index is 5.91. The fraction of sp³-hybridized carbons (Fsp3) is 1.00. The molecular weight excluding hydrogens is 693 g/mol. The van der Waals surface area contributed by atoms with Crippen molar-refractivity contribution in [1.82, 2.24) is 0 Å². The number of hydrogen-bond donors (Lipinski definition) is 0. The van der Waals surface area contributed by atoms with E-state index >= 15 is 0 Å². The van der Waals surface area contributed by atoms with Gasteiger partial charge in [-0.05, 0) is 76.9 Å². The highest BCUT2D eigenvalue weighted by Crippen LogP contribution is 3.29. The smallest absolute Gasteiger partial charge is 0.00538 e. The Morgan fingerprint density at radius 3 is 1.09 bits per heavy atom. The van der Waals surface area contributed by atoms with Crippen molar-refractivity contribution in [3.63, 3.8) is 0 Å². The van der Waals surface area contributed by atoms with E-state index in [1.807, 2.05) is 0 Å². The van der Waals surface area contributed by atoms with Crippen molar-refractivity contribution in [2.24, 2.45) is 0 Å². The van der Waals surface area contributed by atoms with Gasteiger partial charge in [0.2, 0.25) is 0 Å². The topological polar surface area (TPSA) is 0 Å². The Bertz CT molecular complexity index is 287. The first-order chi connectivity index (χ1) is 10.5. The summed E-state index contributed by atoms with van der Waals surface area (Å²) in [5.41, 5.74) is 0. The molecule has 0 rings (SSSR count). The van der Waals surface area contributed by atoms with Crippen molar-refractivity contribution < 1.29 is 0 Å². The summed E-state index contributed by atoms with van der Waals surface area (Å²) in [6.45, 7) is 3.54. The van der Waals surface area contributed by atoms with Gasteiger partial charge in [-0.15, -0.1) is 98.2 Å². The van der Waals surface area contributed by atoms with Gasteiger partial charge >= 0.3 is 0 Å². The quantitative estimate of drug-likeness (QED) is 0.197. The molecule has 15 unspecified atom stereocenters. The molecule has 0 amide bonds.